The molecule has 0 aliphatic heterocycles. The van der Waals surface area contributed by atoms with Crippen LogP contribution in [0.5, 0.6) is 0 Å². The summed E-state index contributed by atoms with van der Waals surface area (Å²) in [5.74, 6) is 0.705. The fourth-order valence-electron chi connectivity index (χ4n) is 2.81. The zero-order valence-electron chi connectivity index (χ0n) is 17.1. The van der Waals surface area contributed by atoms with E-state index < -0.39 is 8.32 Å². The van der Waals surface area contributed by atoms with Crippen molar-refractivity contribution in [3.8, 4) is 0 Å². The van der Waals surface area contributed by atoms with Crippen molar-refractivity contribution in [2.45, 2.75) is 71.1 Å². The van der Waals surface area contributed by atoms with Gasteiger partial charge in [0.1, 0.15) is 0 Å². The van der Waals surface area contributed by atoms with Crippen LogP contribution in [-0.2, 0) is 4.43 Å². The number of nitrogens with zero attached hydrogens (tertiary/aromatic N) is 1. The Hall–Kier alpha value is -1.81. The van der Waals surface area contributed by atoms with Gasteiger partial charge in [0.05, 0.1) is 6.04 Å². The standard InChI is InChI=1S/C22H33NO2Si/c1-7-20(25-26(5,6)22(2,3)4)23(19-16-12-9-13-17-19)21(24)18-14-10-8-11-15-18/h7-8,10-12,14-16,19H,9,13,17H2,1-6H3/b20-7+/t19-/m1/s1. The van der Waals surface area contributed by atoms with Crippen molar-refractivity contribution in [2.75, 3.05) is 0 Å². The Balaban J connectivity index is 2.40. The Kier molecular flexibility index (Phi) is 6.51. The van der Waals surface area contributed by atoms with Crippen LogP contribution in [-0.4, -0.2) is 25.2 Å². The minimum Gasteiger partial charge on any atom is -0.532 e. The Morgan fingerprint density at radius 2 is 1.88 bits per heavy atom. The lowest BCUT2D eigenvalue weighted by molar-refractivity contribution is 0.0673. The molecule has 0 heterocycles. The fraction of sp³-hybridized carbons (Fsp3) is 0.500. The highest BCUT2D eigenvalue weighted by atomic mass is 28.4. The third-order valence-corrected chi connectivity index (χ3v) is 9.78. The van der Waals surface area contributed by atoms with Crippen molar-refractivity contribution in [1.82, 2.24) is 4.90 Å². The van der Waals surface area contributed by atoms with Gasteiger partial charge in [0.15, 0.2) is 5.88 Å². The van der Waals surface area contributed by atoms with Crippen LogP contribution >= 0.6 is 0 Å². The second kappa shape index (κ2) is 8.25. The molecule has 0 spiro atoms. The maximum atomic E-state index is 13.4. The lowest BCUT2D eigenvalue weighted by Crippen LogP contribution is -2.47. The van der Waals surface area contributed by atoms with E-state index in [-0.39, 0.29) is 17.0 Å². The van der Waals surface area contributed by atoms with E-state index in [1.54, 1.807) is 0 Å². The highest BCUT2D eigenvalue weighted by molar-refractivity contribution is 6.74. The molecule has 4 heteroatoms. The number of rotatable bonds is 5. The Labute approximate surface area is 159 Å². The molecular weight excluding hydrogens is 338 g/mol. The summed E-state index contributed by atoms with van der Waals surface area (Å²) < 4.78 is 6.58. The zero-order chi connectivity index (χ0) is 19.4. The van der Waals surface area contributed by atoms with Crippen LogP contribution < -0.4 is 0 Å². The van der Waals surface area contributed by atoms with Crippen LogP contribution in [0.4, 0.5) is 0 Å². The molecule has 2 rings (SSSR count). The maximum Gasteiger partial charge on any atom is 0.261 e. The fourth-order valence-corrected chi connectivity index (χ4v) is 3.85. The normalized spacial score (nSPS) is 18.5. The van der Waals surface area contributed by atoms with Crippen LogP contribution in [0.15, 0.2) is 54.4 Å². The van der Waals surface area contributed by atoms with Gasteiger partial charge in [-0.25, -0.2) is 0 Å². The average Bonchev–Trinajstić information content (AvgIpc) is 2.61. The molecule has 1 amide bonds. The van der Waals surface area contributed by atoms with Gasteiger partial charge in [0.2, 0.25) is 0 Å². The first-order valence-corrected chi connectivity index (χ1v) is 12.5. The van der Waals surface area contributed by atoms with Crippen molar-refractivity contribution in [3.05, 3.63) is 60.0 Å². The van der Waals surface area contributed by atoms with Gasteiger partial charge in [-0.05, 0) is 62.5 Å². The number of hydrogen-bond acceptors (Lipinski definition) is 2. The second-order valence-corrected chi connectivity index (χ2v) is 13.2. The predicted octanol–water partition coefficient (Wildman–Crippen LogP) is 6.12. The minimum atomic E-state index is -2.05. The van der Waals surface area contributed by atoms with E-state index in [1.807, 2.05) is 48.2 Å². The van der Waals surface area contributed by atoms with Crippen LogP contribution in [0.25, 0.3) is 0 Å². The highest BCUT2D eigenvalue weighted by Gasteiger charge is 2.41. The minimum absolute atomic E-state index is 0.00830. The molecule has 0 radical (unpaired) electrons. The number of carbonyl (C=O) groups is 1. The van der Waals surface area contributed by atoms with E-state index in [0.717, 1.165) is 19.3 Å². The maximum absolute atomic E-state index is 13.4. The summed E-state index contributed by atoms with van der Waals surface area (Å²) in [5.41, 5.74) is 0.699. The molecule has 0 N–H and O–H groups in total. The van der Waals surface area contributed by atoms with E-state index in [4.69, 9.17) is 4.43 Å². The molecule has 26 heavy (non-hydrogen) atoms. The molecule has 0 saturated heterocycles. The molecule has 0 aromatic heterocycles. The molecule has 1 aromatic carbocycles. The molecule has 1 atom stereocenters. The van der Waals surface area contributed by atoms with Crippen LogP contribution in [0, 0.1) is 0 Å². The first-order valence-electron chi connectivity index (χ1n) is 9.58. The summed E-state index contributed by atoms with van der Waals surface area (Å²) >= 11 is 0. The monoisotopic (exact) mass is 371 g/mol. The van der Waals surface area contributed by atoms with E-state index in [0.29, 0.717) is 11.4 Å². The molecule has 1 aromatic rings. The van der Waals surface area contributed by atoms with Crippen LogP contribution in [0.3, 0.4) is 0 Å². The molecule has 3 nitrogen and oxygen atoms in total. The van der Waals surface area contributed by atoms with Crippen LogP contribution in [0.2, 0.25) is 18.1 Å². The molecule has 0 fully saturated rings. The summed E-state index contributed by atoms with van der Waals surface area (Å²) in [5, 5.41) is 0.0745. The number of carbonyl (C=O) groups excluding carboxylic acids is 1. The predicted molar refractivity (Wildman–Crippen MR) is 111 cm³/mol. The smallest absolute Gasteiger partial charge is 0.261 e. The van der Waals surface area contributed by atoms with Crippen LogP contribution in [0.1, 0.15) is 57.3 Å². The van der Waals surface area contributed by atoms with Gasteiger partial charge in [-0.3, -0.25) is 9.69 Å². The van der Waals surface area contributed by atoms with Gasteiger partial charge in [0.25, 0.3) is 14.2 Å². The Bertz CT molecular complexity index is 671. The molecule has 1 aliphatic rings. The van der Waals surface area contributed by atoms with E-state index >= 15 is 0 Å². The number of hydrogen-bond donors (Lipinski definition) is 0. The Morgan fingerprint density at radius 3 is 2.38 bits per heavy atom. The van der Waals surface area contributed by atoms with Gasteiger partial charge in [-0.1, -0.05) is 51.1 Å². The van der Waals surface area contributed by atoms with E-state index in [1.165, 1.54) is 0 Å². The van der Waals surface area contributed by atoms with Gasteiger partial charge >= 0.3 is 0 Å². The number of allylic oxidation sites excluding steroid dienone is 2. The first kappa shape index (κ1) is 20.5. The summed E-state index contributed by atoms with van der Waals surface area (Å²) in [7, 11) is -2.05. The van der Waals surface area contributed by atoms with Gasteiger partial charge in [-0.2, -0.15) is 0 Å². The number of benzene rings is 1. The molecular formula is C22H33NO2Si. The van der Waals surface area contributed by atoms with E-state index in [2.05, 4.69) is 46.0 Å². The molecule has 0 unspecified atom stereocenters. The lowest BCUT2D eigenvalue weighted by Gasteiger charge is -2.41. The third-order valence-electron chi connectivity index (χ3n) is 5.45. The van der Waals surface area contributed by atoms with Crippen molar-refractivity contribution in [3.63, 3.8) is 0 Å². The highest BCUT2D eigenvalue weighted by Crippen LogP contribution is 2.39. The largest absolute Gasteiger partial charge is 0.532 e. The quantitative estimate of drug-likeness (QED) is 0.354. The molecule has 0 bridgehead atoms. The van der Waals surface area contributed by atoms with E-state index in [9.17, 15) is 4.79 Å². The summed E-state index contributed by atoms with van der Waals surface area (Å²) in [4.78, 5) is 15.2. The van der Waals surface area contributed by atoms with Crippen molar-refractivity contribution >= 4 is 14.2 Å². The van der Waals surface area contributed by atoms with Gasteiger partial charge in [0, 0.05) is 5.56 Å². The van der Waals surface area contributed by atoms with Crippen molar-refractivity contribution < 1.29 is 9.22 Å². The van der Waals surface area contributed by atoms with Gasteiger partial charge in [-0.15, -0.1) is 0 Å². The lowest BCUT2D eigenvalue weighted by atomic mass is 10.0. The van der Waals surface area contributed by atoms with Crippen molar-refractivity contribution in [2.24, 2.45) is 0 Å². The zero-order valence-corrected chi connectivity index (χ0v) is 18.1. The van der Waals surface area contributed by atoms with Gasteiger partial charge < -0.3 is 4.43 Å². The Morgan fingerprint density at radius 1 is 1.23 bits per heavy atom. The number of amides is 1. The molecule has 1 aliphatic carbocycles. The summed E-state index contributed by atoms with van der Waals surface area (Å²) in [6.07, 6.45) is 9.42. The third kappa shape index (κ3) is 4.67. The molecule has 0 saturated carbocycles. The summed E-state index contributed by atoms with van der Waals surface area (Å²) in [6, 6.07) is 9.55. The molecule has 142 valence electrons. The average molecular weight is 372 g/mol. The topological polar surface area (TPSA) is 29.5 Å². The SMILES string of the molecule is C/C=C(/O[Si](C)(C)C(C)(C)C)N(C(=O)c1ccccc1)[C@@H]1C=CCCC1. The summed E-state index contributed by atoms with van der Waals surface area (Å²) in [6.45, 7) is 13.1. The second-order valence-electron chi connectivity index (χ2n) is 8.46. The van der Waals surface area contributed by atoms with Crippen molar-refractivity contribution in [1.29, 1.82) is 0 Å². The first-order chi connectivity index (χ1) is 12.2.